The minimum Gasteiger partial charge on any atom is -0.368 e. The second kappa shape index (κ2) is 11.1. The molecule has 8 heteroatoms. The van der Waals surface area contributed by atoms with Gasteiger partial charge in [0, 0.05) is 44.2 Å². The average Bonchev–Trinajstić information content (AvgIpc) is 2.76. The van der Waals surface area contributed by atoms with Crippen LogP contribution in [0.1, 0.15) is 50.0 Å². The molecule has 1 aliphatic heterocycles. The molecule has 0 saturated carbocycles. The molecule has 0 aliphatic carbocycles. The molecule has 0 N–H and O–H groups in total. The quantitative estimate of drug-likeness (QED) is 0.457. The molecule has 1 heterocycles. The molecular weight excluding hydrogens is 465 g/mol. The number of piperazine rings is 1. The van der Waals surface area contributed by atoms with Crippen LogP contribution in [-0.2, 0) is 22.3 Å². The van der Waals surface area contributed by atoms with E-state index in [-0.39, 0.29) is 24.0 Å². The first-order valence-corrected chi connectivity index (χ1v) is 11.8. The van der Waals surface area contributed by atoms with Gasteiger partial charge in [0.05, 0.1) is 18.3 Å². The fraction of sp³-hybridized carbons (Fsp3) is 0.500. The largest absolute Gasteiger partial charge is 0.416 e. The standard InChI is InChI=1S/C26H32ClF3N2O2/c1-25(2,3)16-24(33)32-14-12-31(13-15-32)17-23(20-6-10-22(27)11-7-20)34-18-19-4-8-21(9-5-19)26(28,29)30/h4-11,23H,12-18H2,1-3H3/t23-/m1/s1. The van der Waals surface area contributed by atoms with Gasteiger partial charge >= 0.3 is 6.18 Å². The average molecular weight is 497 g/mol. The zero-order valence-corrected chi connectivity index (χ0v) is 20.6. The van der Waals surface area contributed by atoms with E-state index in [4.69, 9.17) is 16.3 Å². The maximum atomic E-state index is 12.8. The van der Waals surface area contributed by atoms with Crippen molar-refractivity contribution < 1.29 is 22.7 Å². The van der Waals surface area contributed by atoms with Crippen molar-refractivity contribution >= 4 is 17.5 Å². The molecule has 4 nitrogen and oxygen atoms in total. The third-order valence-electron chi connectivity index (χ3n) is 5.80. The number of ether oxygens (including phenoxy) is 1. The van der Waals surface area contributed by atoms with Crippen molar-refractivity contribution in [1.82, 2.24) is 9.80 Å². The lowest BCUT2D eigenvalue weighted by Crippen LogP contribution is -2.50. The number of rotatable bonds is 7. The predicted octanol–water partition coefficient (Wildman–Crippen LogP) is 6.20. The van der Waals surface area contributed by atoms with Gasteiger partial charge in [-0.05, 0) is 40.8 Å². The summed E-state index contributed by atoms with van der Waals surface area (Å²) in [6.07, 6.45) is -4.12. The lowest BCUT2D eigenvalue weighted by atomic mass is 9.91. The molecule has 0 bridgehead atoms. The monoisotopic (exact) mass is 496 g/mol. The van der Waals surface area contributed by atoms with Gasteiger partial charge < -0.3 is 9.64 Å². The summed E-state index contributed by atoms with van der Waals surface area (Å²) >= 11 is 6.04. The van der Waals surface area contributed by atoms with E-state index < -0.39 is 11.7 Å². The van der Waals surface area contributed by atoms with Crippen LogP contribution in [0.2, 0.25) is 5.02 Å². The maximum Gasteiger partial charge on any atom is 0.416 e. The van der Waals surface area contributed by atoms with Gasteiger partial charge in [-0.1, -0.05) is 56.6 Å². The fourth-order valence-corrected chi connectivity index (χ4v) is 4.02. The number of carbonyl (C=O) groups excluding carboxylic acids is 1. The van der Waals surface area contributed by atoms with E-state index in [9.17, 15) is 18.0 Å². The number of hydrogen-bond acceptors (Lipinski definition) is 3. The van der Waals surface area contributed by atoms with E-state index in [0.29, 0.717) is 36.6 Å². The minimum atomic E-state index is -4.36. The smallest absolute Gasteiger partial charge is 0.368 e. The summed E-state index contributed by atoms with van der Waals surface area (Å²) in [5.41, 5.74) is 0.900. The van der Waals surface area contributed by atoms with Crippen LogP contribution >= 0.6 is 11.6 Å². The van der Waals surface area contributed by atoms with Gasteiger partial charge in [0.1, 0.15) is 0 Å². The van der Waals surface area contributed by atoms with Gasteiger partial charge in [-0.15, -0.1) is 0 Å². The predicted molar refractivity (Wildman–Crippen MR) is 128 cm³/mol. The second-order valence-electron chi connectivity index (χ2n) is 9.96. The number of amides is 1. The van der Waals surface area contributed by atoms with Crippen LogP contribution in [0.25, 0.3) is 0 Å². The fourth-order valence-electron chi connectivity index (χ4n) is 3.90. The Bertz CT molecular complexity index is 933. The van der Waals surface area contributed by atoms with Crippen molar-refractivity contribution in [3.8, 4) is 0 Å². The van der Waals surface area contributed by atoms with Gasteiger partial charge in [0.2, 0.25) is 5.91 Å². The van der Waals surface area contributed by atoms with Crippen LogP contribution in [-0.4, -0.2) is 48.4 Å². The highest BCUT2D eigenvalue weighted by atomic mass is 35.5. The van der Waals surface area contributed by atoms with E-state index >= 15 is 0 Å². The maximum absolute atomic E-state index is 12.8. The Morgan fingerprint density at radius 3 is 2.09 bits per heavy atom. The van der Waals surface area contributed by atoms with E-state index in [1.54, 1.807) is 12.1 Å². The second-order valence-corrected chi connectivity index (χ2v) is 10.4. The summed E-state index contributed by atoms with van der Waals surface area (Å²) in [7, 11) is 0. The topological polar surface area (TPSA) is 32.8 Å². The van der Waals surface area contributed by atoms with Gasteiger partial charge in [0.25, 0.3) is 0 Å². The van der Waals surface area contributed by atoms with Crippen molar-refractivity contribution in [2.75, 3.05) is 32.7 Å². The number of benzene rings is 2. The number of nitrogens with zero attached hydrogens (tertiary/aromatic N) is 2. The Hall–Kier alpha value is -2.09. The van der Waals surface area contributed by atoms with Crippen molar-refractivity contribution in [2.45, 2.75) is 46.1 Å². The molecule has 1 aliphatic rings. The van der Waals surface area contributed by atoms with Gasteiger partial charge in [-0.25, -0.2) is 0 Å². The SMILES string of the molecule is CC(C)(C)CC(=O)N1CCN(C[C@@H](OCc2ccc(C(F)(F)F)cc2)c2ccc(Cl)cc2)CC1. The van der Waals surface area contributed by atoms with Crippen LogP contribution in [0.4, 0.5) is 13.2 Å². The number of alkyl halides is 3. The van der Waals surface area contributed by atoms with Crippen molar-refractivity contribution in [2.24, 2.45) is 5.41 Å². The number of halogens is 4. The van der Waals surface area contributed by atoms with Crippen LogP contribution in [0.5, 0.6) is 0 Å². The van der Waals surface area contributed by atoms with E-state index in [1.807, 2.05) is 17.0 Å². The molecule has 2 aromatic carbocycles. The third-order valence-corrected chi connectivity index (χ3v) is 6.06. The zero-order chi connectivity index (χ0) is 24.9. The van der Waals surface area contributed by atoms with Crippen molar-refractivity contribution in [3.63, 3.8) is 0 Å². The number of hydrogen-bond donors (Lipinski definition) is 0. The first-order valence-electron chi connectivity index (χ1n) is 11.4. The lowest BCUT2D eigenvalue weighted by Gasteiger charge is -2.37. The zero-order valence-electron chi connectivity index (χ0n) is 19.9. The molecule has 1 amide bonds. The first-order chi connectivity index (χ1) is 15.9. The van der Waals surface area contributed by atoms with E-state index in [0.717, 1.165) is 30.8 Å². The summed E-state index contributed by atoms with van der Waals surface area (Å²) < 4.78 is 44.7. The van der Waals surface area contributed by atoms with Crippen LogP contribution in [0.3, 0.4) is 0 Å². The molecule has 1 atom stereocenters. The molecule has 0 radical (unpaired) electrons. The Morgan fingerprint density at radius 1 is 0.971 bits per heavy atom. The lowest BCUT2D eigenvalue weighted by molar-refractivity contribution is -0.137. The Kier molecular flexibility index (Phi) is 8.66. The molecule has 1 fully saturated rings. The van der Waals surface area contributed by atoms with Crippen LogP contribution < -0.4 is 0 Å². The normalized spacial score (nSPS) is 16.5. The molecule has 3 rings (SSSR count). The number of carbonyl (C=O) groups is 1. The Balaban J connectivity index is 1.62. The molecule has 34 heavy (non-hydrogen) atoms. The summed E-state index contributed by atoms with van der Waals surface area (Å²) in [5.74, 6) is 0.181. The van der Waals surface area contributed by atoms with Crippen LogP contribution in [0.15, 0.2) is 48.5 Å². The molecular formula is C26H32ClF3N2O2. The molecule has 2 aromatic rings. The minimum absolute atomic E-state index is 0.0416. The van der Waals surface area contributed by atoms with Gasteiger partial charge in [0.15, 0.2) is 0 Å². The van der Waals surface area contributed by atoms with Crippen molar-refractivity contribution in [1.29, 1.82) is 0 Å². The molecule has 0 aromatic heterocycles. The van der Waals surface area contributed by atoms with Gasteiger partial charge in [-0.2, -0.15) is 13.2 Å². The van der Waals surface area contributed by atoms with Gasteiger partial charge in [-0.3, -0.25) is 9.69 Å². The summed E-state index contributed by atoms with van der Waals surface area (Å²) in [6.45, 7) is 9.80. The van der Waals surface area contributed by atoms with E-state index in [1.165, 1.54) is 12.1 Å². The molecule has 0 unspecified atom stereocenters. The highest BCUT2D eigenvalue weighted by Gasteiger charge is 2.30. The van der Waals surface area contributed by atoms with Crippen LogP contribution in [0, 0.1) is 5.41 Å². The molecule has 186 valence electrons. The Morgan fingerprint density at radius 2 is 1.56 bits per heavy atom. The summed E-state index contributed by atoms with van der Waals surface area (Å²) in [4.78, 5) is 16.7. The molecule has 0 spiro atoms. The molecule has 1 saturated heterocycles. The first kappa shape index (κ1) is 26.5. The third kappa shape index (κ3) is 8.00. The summed E-state index contributed by atoms with van der Waals surface area (Å²) in [5, 5.41) is 0.621. The summed E-state index contributed by atoms with van der Waals surface area (Å²) in [6, 6.07) is 12.4. The van der Waals surface area contributed by atoms with E-state index in [2.05, 4.69) is 25.7 Å². The Labute approximate surface area is 204 Å². The highest BCUT2D eigenvalue weighted by Crippen LogP contribution is 2.30. The van der Waals surface area contributed by atoms with Crippen molar-refractivity contribution in [3.05, 3.63) is 70.2 Å². The highest BCUT2D eigenvalue weighted by molar-refractivity contribution is 6.30.